The van der Waals surface area contributed by atoms with Crippen LogP contribution < -0.4 is 0 Å². The van der Waals surface area contributed by atoms with Crippen molar-refractivity contribution in [3.05, 3.63) is 24.3 Å². The van der Waals surface area contributed by atoms with Crippen LogP contribution in [0.1, 0.15) is 98.8 Å². The molecule has 0 unspecified atom stereocenters. The van der Waals surface area contributed by atoms with Crippen molar-refractivity contribution in [3.63, 3.8) is 0 Å². The van der Waals surface area contributed by atoms with Gasteiger partial charge in [0.15, 0.2) is 0 Å². The summed E-state index contributed by atoms with van der Waals surface area (Å²) in [6.07, 6.45) is 8.64. The van der Waals surface area contributed by atoms with Crippen molar-refractivity contribution in [2.45, 2.75) is 98.8 Å². The van der Waals surface area contributed by atoms with Crippen LogP contribution >= 0.6 is 0 Å². The van der Waals surface area contributed by atoms with Gasteiger partial charge in [-0.15, -0.1) is 0 Å². The van der Waals surface area contributed by atoms with Crippen LogP contribution in [0.5, 0.6) is 0 Å². The van der Waals surface area contributed by atoms with Gasteiger partial charge in [0, 0.05) is 6.42 Å². The maximum atomic E-state index is 12.7. The number of rotatable bonds is 6. The Labute approximate surface area is 206 Å². The molecule has 34 heavy (non-hydrogen) atoms. The molecule has 0 spiro atoms. The summed E-state index contributed by atoms with van der Waals surface area (Å²) in [6.45, 7) is 20.2. The molecule has 2 N–H and O–H groups in total. The fourth-order valence-corrected chi connectivity index (χ4v) is 10.4. The summed E-state index contributed by atoms with van der Waals surface area (Å²) < 4.78 is 0. The van der Waals surface area contributed by atoms with E-state index in [1.54, 1.807) is 0 Å². The zero-order chi connectivity index (χ0) is 25.3. The molecule has 190 valence electrons. The van der Waals surface area contributed by atoms with E-state index in [0.29, 0.717) is 30.1 Å². The lowest BCUT2D eigenvalue weighted by Crippen LogP contribution is -2.64. The van der Waals surface area contributed by atoms with Gasteiger partial charge in [0.05, 0.1) is 5.41 Å². The minimum Gasteiger partial charge on any atom is -0.481 e. The Balaban J connectivity index is 1.78. The number of hydrogen-bond acceptors (Lipinski definition) is 2. The molecule has 4 saturated carbocycles. The number of carbonyl (C=O) groups is 2. The van der Waals surface area contributed by atoms with Crippen LogP contribution in [0.2, 0.25) is 0 Å². The van der Waals surface area contributed by atoms with E-state index in [-0.39, 0.29) is 28.6 Å². The summed E-state index contributed by atoms with van der Waals surface area (Å²) in [5.41, 5.74) is 1.79. The molecule has 4 nitrogen and oxygen atoms in total. The van der Waals surface area contributed by atoms with Gasteiger partial charge in [0.2, 0.25) is 0 Å². The highest BCUT2D eigenvalue weighted by molar-refractivity contribution is 5.76. The van der Waals surface area contributed by atoms with Gasteiger partial charge in [-0.05, 0) is 117 Å². The molecule has 4 fully saturated rings. The average Bonchev–Trinajstić information content (AvgIpc) is 3.14. The molecule has 0 radical (unpaired) electrons. The van der Waals surface area contributed by atoms with Gasteiger partial charge in [0.1, 0.15) is 0 Å². The van der Waals surface area contributed by atoms with Gasteiger partial charge in [-0.3, -0.25) is 9.59 Å². The summed E-state index contributed by atoms with van der Waals surface area (Å²) in [5, 5.41) is 20.0. The second-order valence-corrected chi connectivity index (χ2v) is 13.4. The molecule has 0 saturated heterocycles. The molecule has 4 rings (SSSR count). The summed E-state index contributed by atoms with van der Waals surface area (Å²) >= 11 is 0. The summed E-state index contributed by atoms with van der Waals surface area (Å²) in [6, 6.07) is 0. The molecule has 0 aromatic rings. The fraction of sp³-hybridized carbons (Fsp3) is 0.800. The average molecular weight is 471 g/mol. The highest BCUT2D eigenvalue weighted by atomic mass is 16.4. The predicted octanol–water partition coefficient (Wildman–Crippen LogP) is 7.35. The molecule has 4 aliphatic rings. The minimum atomic E-state index is -0.715. The zero-order valence-electron chi connectivity index (χ0n) is 22.1. The fourth-order valence-electron chi connectivity index (χ4n) is 10.4. The summed E-state index contributed by atoms with van der Waals surface area (Å²) in [7, 11) is 0. The standard InChI is InChI=1S/C30H46O4/c1-18(2)20-10-15-30(26(33)34)17-16-28(6)22(25(20)30)8-9-23-27(5,13-12-24(31)32)21(19(3)4)11-14-29(23,28)7/h20-23,25H,1,3,8-17H2,2,4-7H3,(H,31,32)(H,33,34)/t20-,21-,22+,23+,25+,27-,28+,29+,30-/m0/s1. The molecule has 0 aromatic carbocycles. The molecule has 0 bridgehead atoms. The lowest BCUT2D eigenvalue weighted by Gasteiger charge is -2.70. The number of allylic oxidation sites excluding steroid dienone is 2. The van der Waals surface area contributed by atoms with Gasteiger partial charge in [0.25, 0.3) is 0 Å². The minimum absolute atomic E-state index is 0.0576. The van der Waals surface area contributed by atoms with Crippen molar-refractivity contribution < 1.29 is 19.8 Å². The number of fused-ring (bicyclic) bond motifs is 5. The Kier molecular flexibility index (Phi) is 6.18. The largest absolute Gasteiger partial charge is 0.481 e. The monoisotopic (exact) mass is 470 g/mol. The predicted molar refractivity (Wildman–Crippen MR) is 135 cm³/mol. The van der Waals surface area contributed by atoms with Crippen molar-refractivity contribution in [1.82, 2.24) is 0 Å². The van der Waals surface area contributed by atoms with E-state index in [2.05, 4.69) is 47.8 Å². The Morgan fingerprint density at radius 3 is 2.09 bits per heavy atom. The first-order valence-corrected chi connectivity index (χ1v) is 13.5. The van der Waals surface area contributed by atoms with Crippen LogP contribution in [0.15, 0.2) is 24.3 Å². The van der Waals surface area contributed by atoms with E-state index >= 15 is 0 Å². The second-order valence-electron chi connectivity index (χ2n) is 13.4. The second kappa shape index (κ2) is 8.23. The van der Waals surface area contributed by atoms with Gasteiger partial charge in [-0.1, -0.05) is 45.1 Å². The van der Waals surface area contributed by atoms with Gasteiger partial charge in [-0.2, -0.15) is 0 Å². The molecule has 4 aliphatic carbocycles. The van der Waals surface area contributed by atoms with E-state index in [1.165, 1.54) is 5.57 Å². The van der Waals surface area contributed by atoms with Crippen LogP contribution in [0, 0.1) is 51.2 Å². The van der Waals surface area contributed by atoms with Crippen molar-refractivity contribution in [3.8, 4) is 0 Å². The maximum absolute atomic E-state index is 12.7. The van der Waals surface area contributed by atoms with Crippen molar-refractivity contribution in [2.24, 2.45) is 51.2 Å². The third-order valence-corrected chi connectivity index (χ3v) is 12.2. The first kappa shape index (κ1) is 25.5. The Bertz CT molecular complexity index is 905. The quantitative estimate of drug-likeness (QED) is 0.398. The molecule has 4 heteroatoms. The third kappa shape index (κ3) is 3.29. The van der Waals surface area contributed by atoms with Crippen LogP contribution in [0.4, 0.5) is 0 Å². The summed E-state index contributed by atoms with van der Waals surface area (Å²) in [4.78, 5) is 24.4. The van der Waals surface area contributed by atoms with Crippen molar-refractivity contribution >= 4 is 11.9 Å². The lowest BCUT2D eigenvalue weighted by atomic mass is 9.34. The molecule has 0 aromatic heterocycles. The zero-order valence-corrected chi connectivity index (χ0v) is 22.1. The van der Waals surface area contributed by atoms with E-state index in [1.807, 2.05) is 0 Å². The van der Waals surface area contributed by atoms with Gasteiger partial charge in [-0.25, -0.2) is 0 Å². The number of hydrogen-bond donors (Lipinski definition) is 2. The van der Waals surface area contributed by atoms with Gasteiger partial charge < -0.3 is 10.2 Å². The van der Waals surface area contributed by atoms with Crippen LogP contribution in [-0.4, -0.2) is 22.2 Å². The van der Waals surface area contributed by atoms with E-state index in [0.717, 1.165) is 56.9 Å². The molecule has 0 heterocycles. The van der Waals surface area contributed by atoms with Gasteiger partial charge >= 0.3 is 11.9 Å². The maximum Gasteiger partial charge on any atom is 0.309 e. The highest BCUT2D eigenvalue weighted by Gasteiger charge is 2.70. The van der Waals surface area contributed by atoms with Crippen LogP contribution in [-0.2, 0) is 9.59 Å². The van der Waals surface area contributed by atoms with Crippen molar-refractivity contribution in [2.75, 3.05) is 0 Å². The molecule has 0 aliphatic heterocycles. The Hall–Kier alpha value is -1.58. The van der Waals surface area contributed by atoms with E-state index in [4.69, 9.17) is 0 Å². The summed E-state index contributed by atoms with van der Waals surface area (Å²) in [5.74, 6) is 0.322. The number of aliphatic carboxylic acids is 2. The van der Waals surface area contributed by atoms with Crippen LogP contribution in [0.3, 0.4) is 0 Å². The smallest absolute Gasteiger partial charge is 0.309 e. The highest BCUT2D eigenvalue weighted by Crippen LogP contribution is 2.76. The Morgan fingerprint density at radius 1 is 0.853 bits per heavy atom. The van der Waals surface area contributed by atoms with Crippen molar-refractivity contribution in [1.29, 1.82) is 0 Å². The normalized spacial score (nSPS) is 47.7. The SMILES string of the molecule is C=C(C)[C@@H]1CC[C@]2(C(=O)O)CC[C@]3(C)[C@H](CC[C@@H]4[C@@](C)(CCC(=O)O)[C@H](C(=C)C)CC[C@]43C)[C@@H]12. The molecule has 9 atom stereocenters. The Morgan fingerprint density at radius 2 is 1.53 bits per heavy atom. The molecular formula is C30H46O4. The number of carboxylic acids is 2. The van der Waals surface area contributed by atoms with E-state index in [9.17, 15) is 19.8 Å². The third-order valence-electron chi connectivity index (χ3n) is 12.2. The molecule has 0 amide bonds. The van der Waals surface area contributed by atoms with E-state index < -0.39 is 17.4 Å². The molecular weight excluding hydrogens is 424 g/mol. The lowest BCUT2D eigenvalue weighted by molar-refractivity contribution is -0.219. The van der Waals surface area contributed by atoms with Crippen LogP contribution in [0.25, 0.3) is 0 Å². The number of carboxylic acid groups (broad SMARTS) is 2. The first-order chi connectivity index (χ1) is 15.7. The topological polar surface area (TPSA) is 74.6 Å². The first-order valence-electron chi connectivity index (χ1n) is 13.5.